The number of rotatable bonds is 3. The van der Waals surface area contributed by atoms with E-state index in [1.54, 1.807) is 0 Å². The monoisotopic (exact) mass is 192 g/mol. The van der Waals surface area contributed by atoms with E-state index in [0.29, 0.717) is 0 Å². The second-order valence-corrected chi connectivity index (χ2v) is 2.46. The summed E-state index contributed by atoms with van der Waals surface area (Å²) in [7, 11) is 0. The molecule has 1 unspecified atom stereocenters. The molecule has 0 aliphatic heterocycles. The number of aliphatic imine (C=N–C) groups is 1. The van der Waals surface area contributed by atoms with E-state index in [2.05, 4.69) is 20.9 Å². The van der Waals surface area contributed by atoms with Crippen molar-refractivity contribution in [3.8, 4) is 0 Å². The van der Waals surface area contributed by atoms with E-state index in [4.69, 9.17) is 16.9 Å². The Hall–Kier alpha value is -0.260. The molecule has 0 aromatic rings. The highest BCUT2D eigenvalue weighted by Gasteiger charge is 1.91. The first-order valence-corrected chi connectivity index (χ1v) is 3.27. The fourth-order valence-electron chi connectivity index (χ4n) is 0.225. The first kappa shape index (κ1) is 8.74. The summed E-state index contributed by atoms with van der Waals surface area (Å²) in [6.45, 7) is 0. The van der Waals surface area contributed by atoms with Crippen LogP contribution in [0.2, 0.25) is 0 Å². The topological polar surface area (TPSA) is 88.2 Å². The molecule has 0 rings (SSSR count). The van der Waals surface area contributed by atoms with Crippen LogP contribution in [0, 0.1) is 5.41 Å². The van der Waals surface area contributed by atoms with Gasteiger partial charge in [0.2, 0.25) is 0 Å². The first-order valence-electron chi connectivity index (χ1n) is 2.36. The Morgan fingerprint density at radius 2 is 2.11 bits per heavy atom. The highest BCUT2D eigenvalue weighted by Crippen LogP contribution is 1.89. The van der Waals surface area contributed by atoms with Crippen molar-refractivity contribution in [3.05, 3.63) is 0 Å². The third-order valence-electron chi connectivity index (χ3n) is 0.560. The molecule has 5 N–H and O–H groups in total. The van der Waals surface area contributed by atoms with Gasteiger partial charge >= 0.3 is 0 Å². The molecule has 0 aromatic carbocycles. The average Bonchev–Trinajstić information content (AvgIpc) is 1.83. The molecular weight excluding hydrogens is 184 g/mol. The van der Waals surface area contributed by atoms with Crippen LogP contribution < -0.4 is 11.5 Å². The maximum Gasteiger partial charge on any atom is 0.148 e. The van der Waals surface area contributed by atoms with Crippen molar-refractivity contribution in [1.29, 1.82) is 5.41 Å². The van der Waals surface area contributed by atoms with Gasteiger partial charge in [-0.2, -0.15) is 0 Å². The van der Waals surface area contributed by atoms with Gasteiger partial charge in [-0.05, 0) is 0 Å². The Morgan fingerprint density at radius 1 is 1.56 bits per heavy atom. The highest BCUT2D eigenvalue weighted by atomic mass is 79.9. The second-order valence-electron chi connectivity index (χ2n) is 1.40. The summed E-state index contributed by atoms with van der Waals surface area (Å²) in [6, 6.07) is 0. The van der Waals surface area contributed by atoms with Crippen LogP contribution in [0.25, 0.3) is 0 Å². The van der Waals surface area contributed by atoms with Crippen molar-refractivity contribution in [2.45, 2.75) is 11.1 Å². The van der Waals surface area contributed by atoms with Gasteiger partial charge < -0.3 is 5.41 Å². The number of nitrogens with one attached hydrogen (secondary N) is 1. The van der Waals surface area contributed by atoms with Crippen LogP contribution in [-0.4, -0.2) is 23.5 Å². The molecule has 52 valence electrons. The van der Waals surface area contributed by atoms with Crippen molar-refractivity contribution < 1.29 is 0 Å². The molecule has 0 radical (unpaired) electrons. The van der Waals surface area contributed by atoms with Crippen LogP contribution >= 0.6 is 15.9 Å². The Labute approximate surface area is 62.0 Å². The quantitative estimate of drug-likeness (QED) is 0.325. The van der Waals surface area contributed by atoms with Crippen molar-refractivity contribution in [2.24, 2.45) is 16.5 Å². The van der Waals surface area contributed by atoms with E-state index in [0.717, 1.165) is 0 Å². The Kier molecular flexibility index (Phi) is 4.47. The van der Waals surface area contributed by atoms with Crippen LogP contribution in [0.4, 0.5) is 0 Å². The molecule has 0 aliphatic carbocycles. The van der Waals surface area contributed by atoms with Crippen LogP contribution in [0.3, 0.4) is 0 Å². The highest BCUT2D eigenvalue weighted by molar-refractivity contribution is 9.10. The number of nitrogens with zero attached hydrogens (tertiary/aromatic N) is 1. The summed E-state index contributed by atoms with van der Waals surface area (Å²) in [5.41, 5.74) is 10.2. The van der Waals surface area contributed by atoms with Gasteiger partial charge in [-0.3, -0.25) is 16.5 Å². The number of alkyl halides is 1. The Balaban J connectivity index is 3.56. The number of nitrogens with two attached hydrogens (primary N) is 2. The molecule has 0 amide bonds. The predicted molar refractivity (Wildman–Crippen MR) is 42.2 cm³/mol. The summed E-state index contributed by atoms with van der Waals surface area (Å²) in [5.74, 6) is 0. The Bertz CT molecular complexity index is 111. The zero-order chi connectivity index (χ0) is 7.28. The number of hydrogen-bond donors (Lipinski definition) is 3. The van der Waals surface area contributed by atoms with Gasteiger partial charge in [-0.15, -0.1) is 0 Å². The number of halogens is 1. The molecule has 1 atom stereocenters. The normalized spacial score (nSPS) is 14.7. The van der Waals surface area contributed by atoms with E-state index in [9.17, 15) is 0 Å². The van der Waals surface area contributed by atoms with E-state index in [1.807, 2.05) is 0 Å². The van der Waals surface area contributed by atoms with Crippen molar-refractivity contribution in [1.82, 2.24) is 0 Å². The van der Waals surface area contributed by atoms with E-state index in [-0.39, 0.29) is 4.83 Å². The summed E-state index contributed by atoms with van der Waals surface area (Å²) in [6.07, 6.45) is 1.98. The lowest BCUT2D eigenvalue weighted by atomic mass is 10.5. The van der Waals surface area contributed by atoms with E-state index in [1.165, 1.54) is 12.4 Å². The van der Waals surface area contributed by atoms with Gasteiger partial charge in [0.1, 0.15) is 6.29 Å². The molecule has 4 nitrogen and oxygen atoms in total. The Morgan fingerprint density at radius 3 is 2.44 bits per heavy atom. The van der Waals surface area contributed by atoms with Crippen molar-refractivity contribution >= 4 is 28.4 Å². The van der Waals surface area contributed by atoms with Gasteiger partial charge in [0.05, 0.1) is 4.83 Å². The molecular formula is C4H9BrN4. The van der Waals surface area contributed by atoms with Crippen molar-refractivity contribution in [3.63, 3.8) is 0 Å². The van der Waals surface area contributed by atoms with Gasteiger partial charge in [-0.1, -0.05) is 15.9 Å². The molecule has 0 aromatic heterocycles. The lowest BCUT2D eigenvalue weighted by Crippen LogP contribution is -2.28. The third kappa shape index (κ3) is 5.61. The number of hydrogen-bond acceptors (Lipinski definition) is 4. The molecule has 9 heavy (non-hydrogen) atoms. The molecule has 0 aliphatic rings. The zero-order valence-corrected chi connectivity index (χ0v) is 6.38. The molecule has 0 fully saturated rings. The van der Waals surface area contributed by atoms with Crippen LogP contribution in [0.15, 0.2) is 4.99 Å². The molecule has 0 saturated heterocycles. The van der Waals surface area contributed by atoms with Gasteiger partial charge in [-0.25, -0.2) is 0 Å². The van der Waals surface area contributed by atoms with E-state index >= 15 is 0 Å². The fraction of sp³-hybridized carbons (Fsp3) is 0.500. The van der Waals surface area contributed by atoms with Gasteiger partial charge in [0.25, 0.3) is 0 Å². The summed E-state index contributed by atoms with van der Waals surface area (Å²) in [4.78, 5) is 3.47. The predicted octanol–water partition coefficient (Wildman–Crippen LogP) is -0.329. The SMILES string of the molecule is N=CC(Br)C=NC(N)N. The van der Waals surface area contributed by atoms with Crippen molar-refractivity contribution in [2.75, 3.05) is 0 Å². The lowest BCUT2D eigenvalue weighted by Gasteiger charge is -1.95. The zero-order valence-electron chi connectivity index (χ0n) is 4.79. The maximum atomic E-state index is 6.71. The van der Waals surface area contributed by atoms with Crippen LogP contribution in [-0.2, 0) is 0 Å². The summed E-state index contributed by atoms with van der Waals surface area (Å²) >= 11 is 3.10. The van der Waals surface area contributed by atoms with Gasteiger partial charge in [0.15, 0.2) is 0 Å². The summed E-state index contributed by atoms with van der Waals surface area (Å²) in [5, 5.41) is 6.71. The van der Waals surface area contributed by atoms with Crippen LogP contribution in [0.1, 0.15) is 0 Å². The largest absolute Gasteiger partial charge is 0.312 e. The lowest BCUT2D eigenvalue weighted by molar-refractivity contribution is 0.755. The smallest absolute Gasteiger partial charge is 0.148 e. The minimum Gasteiger partial charge on any atom is -0.312 e. The molecule has 0 saturated carbocycles. The minimum absolute atomic E-state index is 0.160. The average molecular weight is 193 g/mol. The van der Waals surface area contributed by atoms with Gasteiger partial charge in [0, 0.05) is 12.4 Å². The fourth-order valence-corrected chi connectivity index (χ4v) is 0.361. The third-order valence-corrected chi connectivity index (χ3v) is 1.06. The van der Waals surface area contributed by atoms with Crippen LogP contribution in [0.5, 0.6) is 0 Å². The second kappa shape index (κ2) is 4.60. The molecule has 0 spiro atoms. The van der Waals surface area contributed by atoms with E-state index < -0.39 is 6.29 Å². The maximum absolute atomic E-state index is 6.71. The minimum atomic E-state index is -0.676. The molecule has 5 heteroatoms. The molecule has 0 heterocycles. The standard InChI is InChI=1S/C4H9BrN4/c5-3(1-6)2-9-4(7)8/h1-4,6H,7-8H2. The molecule has 0 bridgehead atoms. The first-order chi connectivity index (χ1) is 4.16. The summed E-state index contributed by atoms with van der Waals surface area (Å²) < 4.78 is 0.